The van der Waals surface area contributed by atoms with Gasteiger partial charge in [0.25, 0.3) is 0 Å². The lowest BCUT2D eigenvalue weighted by molar-refractivity contribution is -0.121. The fraction of sp³-hybridized carbons (Fsp3) is 0.261. The fourth-order valence-electron chi connectivity index (χ4n) is 2.92. The summed E-state index contributed by atoms with van der Waals surface area (Å²) in [5.41, 5.74) is 2.63. The highest BCUT2D eigenvalue weighted by atomic mass is 16.5. The van der Waals surface area contributed by atoms with Gasteiger partial charge >= 0.3 is 0 Å². The highest BCUT2D eigenvalue weighted by molar-refractivity contribution is 5.98. The third-order valence-corrected chi connectivity index (χ3v) is 4.46. The lowest BCUT2D eigenvalue weighted by Crippen LogP contribution is -2.26. The van der Waals surface area contributed by atoms with Gasteiger partial charge < -0.3 is 10.1 Å². The van der Waals surface area contributed by atoms with Crippen molar-refractivity contribution in [3.05, 3.63) is 78.1 Å². The number of carbonyl (C=O) groups is 2. The largest absolute Gasteiger partial charge is 0.494 e. The average Bonchev–Trinajstić information content (AvgIpc) is 3.22. The zero-order valence-electron chi connectivity index (χ0n) is 16.5. The van der Waals surface area contributed by atoms with Gasteiger partial charge in [-0.15, -0.1) is 0 Å². The van der Waals surface area contributed by atoms with Crippen molar-refractivity contribution in [3.63, 3.8) is 0 Å². The van der Waals surface area contributed by atoms with E-state index in [1.807, 2.05) is 48.1 Å². The molecule has 0 fully saturated rings. The number of para-hydroxylation sites is 1. The standard InChI is InChI=1S/C23H25N3O3/c1-2-29-21-10-8-19(9-11-21)22(27)12-13-23(28)24-15-14-18-16-25-26(17-18)20-6-4-3-5-7-20/h3-11,16-17H,2,12-15H2,1H3,(H,24,28). The van der Waals surface area contributed by atoms with Crippen LogP contribution in [0, 0.1) is 0 Å². The first-order valence-corrected chi connectivity index (χ1v) is 9.77. The molecule has 150 valence electrons. The predicted octanol–water partition coefficient (Wildman–Crippen LogP) is 3.59. The number of ether oxygens (including phenoxy) is 1. The van der Waals surface area contributed by atoms with Gasteiger partial charge in [-0.25, -0.2) is 4.68 Å². The number of nitrogens with one attached hydrogen (secondary N) is 1. The van der Waals surface area contributed by atoms with Gasteiger partial charge in [-0.05, 0) is 55.3 Å². The Balaban J connectivity index is 1.39. The number of aromatic nitrogens is 2. The van der Waals surface area contributed by atoms with E-state index in [4.69, 9.17) is 4.74 Å². The lowest BCUT2D eigenvalue weighted by Gasteiger charge is -2.06. The molecule has 0 radical (unpaired) electrons. The molecule has 0 saturated heterocycles. The van der Waals surface area contributed by atoms with Crippen LogP contribution in [0.2, 0.25) is 0 Å². The van der Waals surface area contributed by atoms with Crippen LogP contribution >= 0.6 is 0 Å². The first-order valence-electron chi connectivity index (χ1n) is 9.77. The molecule has 3 rings (SSSR count). The molecule has 0 unspecified atom stereocenters. The molecular formula is C23H25N3O3. The van der Waals surface area contributed by atoms with Crippen LogP contribution in [-0.4, -0.2) is 34.6 Å². The molecular weight excluding hydrogens is 366 g/mol. The van der Waals surface area contributed by atoms with E-state index in [0.29, 0.717) is 25.1 Å². The van der Waals surface area contributed by atoms with Gasteiger partial charge in [0, 0.05) is 31.1 Å². The second kappa shape index (κ2) is 10.2. The topological polar surface area (TPSA) is 73.2 Å². The van der Waals surface area contributed by atoms with E-state index in [0.717, 1.165) is 17.0 Å². The smallest absolute Gasteiger partial charge is 0.220 e. The number of carbonyl (C=O) groups excluding carboxylic acids is 2. The van der Waals surface area contributed by atoms with Crippen LogP contribution in [0.5, 0.6) is 5.75 Å². The zero-order chi connectivity index (χ0) is 20.5. The van der Waals surface area contributed by atoms with E-state index in [-0.39, 0.29) is 24.5 Å². The van der Waals surface area contributed by atoms with Gasteiger partial charge in [-0.2, -0.15) is 5.10 Å². The van der Waals surface area contributed by atoms with Gasteiger partial charge in [0.05, 0.1) is 18.5 Å². The Bertz CT molecular complexity index is 934. The van der Waals surface area contributed by atoms with E-state index in [1.165, 1.54) is 0 Å². The monoisotopic (exact) mass is 391 g/mol. The number of Topliss-reactive ketones (excluding diaryl/α,β-unsaturated/α-hetero) is 1. The summed E-state index contributed by atoms with van der Waals surface area (Å²) >= 11 is 0. The van der Waals surface area contributed by atoms with Crippen molar-refractivity contribution in [2.24, 2.45) is 0 Å². The van der Waals surface area contributed by atoms with E-state index in [9.17, 15) is 9.59 Å². The van der Waals surface area contributed by atoms with Gasteiger partial charge in [0.2, 0.25) is 5.91 Å². The quantitative estimate of drug-likeness (QED) is 0.536. The Labute approximate surface area is 170 Å². The molecule has 6 heteroatoms. The first kappa shape index (κ1) is 20.3. The number of benzene rings is 2. The number of nitrogens with zero attached hydrogens (tertiary/aromatic N) is 2. The third kappa shape index (κ3) is 6.04. The molecule has 0 spiro atoms. The number of amides is 1. The summed E-state index contributed by atoms with van der Waals surface area (Å²) in [6.45, 7) is 3.00. The summed E-state index contributed by atoms with van der Waals surface area (Å²) in [6.07, 6.45) is 4.80. The second-order valence-corrected chi connectivity index (χ2v) is 6.61. The summed E-state index contributed by atoms with van der Waals surface area (Å²) in [5, 5.41) is 7.21. The minimum atomic E-state index is -0.125. The maximum Gasteiger partial charge on any atom is 0.220 e. The Morgan fingerprint density at radius 1 is 1.03 bits per heavy atom. The van der Waals surface area contributed by atoms with E-state index >= 15 is 0 Å². The summed E-state index contributed by atoms with van der Waals surface area (Å²) < 4.78 is 7.18. The maximum absolute atomic E-state index is 12.2. The Kier molecular flexibility index (Phi) is 7.16. The molecule has 0 aliphatic rings. The maximum atomic E-state index is 12.2. The molecule has 3 aromatic rings. The van der Waals surface area contributed by atoms with Crippen molar-refractivity contribution in [2.45, 2.75) is 26.2 Å². The fourth-order valence-corrected chi connectivity index (χ4v) is 2.92. The molecule has 1 heterocycles. The molecule has 6 nitrogen and oxygen atoms in total. The molecule has 29 heavy (non-hydrogen) atoms. The Hall–Kier alpha value is -3.41. The molecule has 0 atom stereocenters. The van der Waals surface area contributed by atoms with Crippen molar-refractivity contribution in [1.82, 2.24) is 15.1 Å². The summed E-state index contributed by atoms with van der Waals surface area (Å²) in [5.74, 6) is 0.560. The van der Waals surface area contributed by atoms with Crippen LogP contribution in [0.3, 0.4) is 0 Å². The SMILES string of the molecule is CCOc1ccc(C(=O)CCC(=O)NCCc2cnn(-c3ccccc3)c2)cc1. The molecule has 0 bridgehead atoms. The van der Waals surface area contributed by atoms with Crippen LogP contribution in [0.4, 0.5) is 0 Å². The van der Waals surface area contributed by atoms with Gasteiger partial charge in [0.1, 0.15) is 5.75 Å². The van der Waals surface area contributed by atoms with E-state index in [2.05, 4.69) is 10.4 Å². The zero-order valence-corrected chi connectivity index (χ0v) is 16.5. The van der Waals surface area contributed by atoms with Crippen LogP contribution < -0.4 is 10.1 Å². The number of ketones is 1. The van der Waals surface area contributed by atoms with Gasteiger partial charge in [-0.1, -0.05) is 18.2 Å². The Morgan fingerprint density at radius 3 is 2.52 bits per heavy atom. The average molecular weight is 391 g/mol. The van der Waals surface area contributed by atoms with Crippen LogP contribution in [0.1, 0.15) is 35.7 Å². The second-order valence-electron chi connectivity index (χ2n) is 6.61. The summed E-state index contributed by atoms with van der Waals surface area (Å²) in [7, 11) is 0. The van der Waals surface area contributed by atoms with Crippen LogP contribution in [-0.2, 0) is 11.2 Å². The highest BCUT2D eigenvalue weighted by Crippen LogP contribution is 2.14. The minimum absolute atomic E-state index is 0.0488. The number of rotatable bonds is 10. The molecule has 1 amide bonds. The van der Waals surface area contributed by atoms with Crippen molar-refractivity contribution in [1.29, 1.82) is 0 Å². The molecule has 2 aromatic carbocycles. The van der Waals surface area contributed by atoms with Gasteiger partial charge in [-0.3, -0.25) is 9.59 Å². The van der Waals surface area contributed by atoms with Crippen LogP contribution in [0.25, 0.3) is 5.69 Å². The third-order valence-electron chi connectivity index (χ3n) is 4.46. The van der Waals surface area contributed by atoms with E-state index in [1.54, 1.807) is 30.5 Å². The van der Waals surface area contributed by atoms with Crippen molar-refractivity contribution in [2.75, 3.05) is 13.2 Å². The summed E-state index contributed by atoms with van der Waals surface area (Å²) in [4.78, 5) is 24.3. The van der Waals surface area contributed by atoms with Crippen molar-refractivity contribution >= 4 is 11.7 Å². The normalized spacial score (nSPS) is 10.5. The van der Waals surface area contributed by atoms with Gasteiger partial charge in [0.15, 0.2) is 5.78 Å². The Morgan fingerprint density at radius 2 is 1.79 bits per heavy atom. The summed E-state index contributed by atoms with van der Waals surface area (Å²) in [6, 6.07) is 16.9. The molecule has 0 saturated carbocycles. The first-order chi connectivity index (χ1) is 14.2. The van der Waals surface area contributed by atoms with Crippen molar-refractivity contribution < 1.29 is 14.3 Å². The molecule has 0 aliphatic carbocycles. The highest BCUT2D eigenvalue weighted by Gasteiger charge is 2.10. The lowest BCUT2D eigenvalue weighted by atomic mass is 10.1. The molecule has 0 aliphatic heterocycles. The number of hydrogen-bond acceptors (Lipinski definition) is 4. The molecule has 1 aromatic heterocycles. The minimum Gasteiger partial charge on any atom is -0.494 e. The molecule has 1 N–H and O–H groups in total. The van der Waals surface area contributed by atoms with Crippen molar-refractivity contribution in [3.8, 4) is 11.4 Å². The van der Waals surface area contributed by atoms with Crippen LogP contribution in [0.15, 0.2) is 67.0 Å². The van der Waals surface area contributed by atoms with E-state index < -0.39 is 0 Å². The number of hydrogen-bond donors (Lipinski definition) is 1. The predicted molar refractivity (Wildman–Crippen MR) is 111 cm³/mol.